The standard InChI is InChI=1S/C19H23N3S/c1-4-5-6-7-11-18(19-13-23-14-20-19)22-16(3)21-17-10-8-9-15(2)12-17/h7-14,21H,3-6H2,1-2H3/b11-7-,22-18+. The van der Waals surface area contributed by atoms with Crippen LogP contribution in [0.25, 0.3) is 0 Å². The Balaban J connectivity index is 2.12. The number of nitrogens with one attached hydrogen (secondary N) is 1. The van der Waals surface area contributed by atoms with Crippen molar-refractivity contribution in [2.75, 3.05) is 5.32 Å². The first kappa shape index (κ1) is 17.2. The Morgan fingerprint density at radius 2 is 2.30 bits per heavy atom. The third kappa shape index (κ3) is 5.83. The second-order valence-corrected chi connectivity index (χ2v) is 6.08. The molecule has 1 heterocycles. The summed E-state index contributed by atoms with van der Waals surface area (Å²) in [7, 11) is 0. The van der Waals surface area contributed by atoms with E-state index in [0.29, 0.717) is 5.82 Å². The summed E-state index contributed by atoms with van der Waals surface area (Å²) in [6, 6.07) is 8.16. The third-order valence-corrected chi connectivity index (χ3v) is 3.84. The van der Waals surface area contributed by atoms with E-state index in [2.05, 4.69) is 53.9 Å². The lowest BCUT2D eigenvalue weighted by Gasteiger charge is -2.07. The Morgan fingerprint density at radius 1 is 1.43 bits per heavy atom. The molecule has 2 aromatic rings. The highest BCUT2D eigenvalue weighted by molar-refractivity contribution is 7.07. The van der Waals surface area contributed by atoms with Crippen LogP contribution in [0.1, 0.15) is 37.4 Å². The van der Waals surface area contributed by atoms with Crippen LogP contribution in [0.5, 0.6) is 0 Å². The van der Waals surface area contributed by atoms with Crippen LogP contribution in [-0.4, -0.2) is 10.7 Å². The van der Waals surface area contributed by atoms with Gasteiger partial charge in [-0.15, -0.1) is 11.3 Å². The van der Waals surface area contributed by atoms with Gasteiger partial charge in [0, 0.05) is 11.1 Å². The van der Waals surface area contributed by atoms with Crippen molar-refractivity contribution >= 4 is 22.7 Å². The molecule has 0 atom stereocenters. The van der Waals surface area contributed by atoms with E-state index in [1.807, 2.05) is 29.1 Å². The number of unbranched alkanes of at least 4 members (excludes halogenated alkanes) is 2. The molecular weight excluding hydrogens is 302 g/mol. The second-order valence-electron chi connectivity index (χ2n) is 5.36. The number of aromatic nitrogens is 1. The summed E-state index contributed by atoms with van der Waals surface area (Å²) in [6.07, 6.45) is 7.62. The number of aliphatic imine (C=N–C) groups is 1. The largest absolute Gasteiger partial charge is 0.341 e. The van der Waals surface area contributed by atoms with Gasteiger partial charge >= 0.3 is 0 Å². The highest BCUT2D eigenvalue weighted by atomic mass is 32.1. The topological polar surface area (TPSA) is 37.3 Å². The van der Waals surface area contributed by atoms with Gasteiger partial charge in [0.05, 0.1) is 16.9 Å². The Kier molecular flexibility index (Phi) is 6.76. The van der Waals surface area contributed by atoms with E-state index in [4.69, 9.17) is 0 Å². The number of hydrogen-bond donors (Lipinski definition) is 1. The van der Waals surface area contributed by atoms with Crippen molar-refractivity contribution in [3.63, 3.8) is 0 Å². The summed E-state index contributed by atoms with van der Waals surface area (Å²) in [5, 5.41) is 5.24. The molecular formula is C19H23N3S. The number of aryl methyl sites for hydroxylation is 1. The van der Waals surface area contributed by atoms with Gasteiger partial charge in [0.15, 0.2) is 0 Å². The lowest BCUT2D eigenvalue weighted by molar-refractivity contribution is 0.815. The number of rotatable bonds is 8. The molecule has 1 aromatic carbocycles. The summed E-state index contributed by atoms with van der Waals surface area (Å²) < 4.78 is 0. The zero-order valence-electron chi connectivity index (χ0n) is 13.7. The number of allylic oxidation sites excluding steroid dienone is 2. The van der Waals surface area contributed by atoms with Gasteiger partial charge in [-0.05, 0) is 37.1 Å². The maximum atomic E-state index is 4.61. The first-order valence-electron chi connectivity index (χ1n) is 7.85. The fraction of sp³-hybridized carbons (Fsp3) is 0.263. The van der Waals surface area contributed by atoms with Crippen LogP contribution in [-0.2, 0) is 0 Å². The third-order valence-electron chi connectivity index (χ3n) is 3.26. The van der Waals surface area contributed by atoms with Crippen LogP contribution >= 0.6 is 11.3 Å². The molecule has 0 fully saturated rings. The number of thiazole rings is 1. The maximum absolute atomic E-state index is 4.61. The number of nitrogens with zero attached hydrogens (tertiary/aromatic N) is 2. The predicted molar refractivity (Wildman–Crippen MR) is 101 cm³/mol. The average molecular weight is 325 g/mol. The molecule has 0 saturated heterocycles. The molecule has 0 aliphatic heterocycles. The summed E-state index contributed by atoms with van der Waals surface area (Å²) >= 11 is 1.57. The summed E-state index contributed by atoms with van der Waals surface area (Å²) in [4.78, 5) is 8.97. The minimum atomic E-state index is 0.610. The van der Waals surface area contributed by atoms with Gasteiger partial charge in [0.1, 0.15) is 5.82 Å². The fourth-order valence-electron chi connectivity index (χ4n) is 2.10. The number of benzene rings is 1. The average Bonchev–Trinajstić information content (AvgIpc) is 3.04. The summed E-state index contributed by atoms with van der Waals surface area (Å²) in [6.45, 7) is 8.27. The lowest BCUT2D eigenvalue weighted by atomic mass is 10.2. The van der Waals surface area contributed by atoms with E-state index < -0.39 is 0 Å². The van der Waals surface area contributed by atoms with Crippen molar-refractivity contribution in [1.29, 1.82) is 0 Å². The molecule has 0 unspecified atom stereocenters. The quantitative estimate of drug-likeness (QED) is 0.509. The molecule has 0 radical (unpaired) electrons. The van der Waals surface area contributed by atoms with E-state index >= 15 is 0 Å². The van der Waals surface area contributed by atoms with Gasteiger partial charge in [0.2, 0.25) is 0 Å². The van der Waals surface area contributed by atoms with Crippen molar-refractivity contribution in [3.05, 3.63) is 71.0 Å². The Bertz CT molecular complexity index is 684. The van der Waals surface area contributed by atoms with Crippen molar-refractivity contribution < 1.29 is 0 Å². The second kappa shape index (κ2) is 9.06. The van der Waals surface area contributed by atoms with Gasteiger partial charge in [-0.2, -0.15) is 0 Å². The molecule has 1 aromatic heterocycles. The van der Waals surface area contributed by atoms with Crippen LogP contribution in [0, 0.1) is 6.92 Å². The van der Waals surface area contributed by atoms with Gasteiger partial charge < -0.3 is 5.32 Å². The van der Waals surface area contributed by atoms with Crippen molar-refractivity contribution in [2.24, 2.45) is 4.99 Å². The van der Waals surface area contributed by atoms with Crippen LogP contribution < -0.4 is 5.32 Å². The number of hydrogen-bond acceptors (Lipinski definition) is 4. The molecule has 120 valence electrons. The van der Waals surface area contributed by atoms with Gasteiger partial charge in [-0.3, -0.25) is 0 Å². The molecule has 0 saturated carbocycles. The zero-order valence-corrected chi connectivity index (χ0v) is 14.6. The van der Waals surface area contributed by atoms with Crippen LogP contribution in [0.4, 0.5) is 5.69 Å². The van der Waals surface area contributed by atoms with Crippen molar-refractivity contribution in [3.8, 4) is 0 Å². The Morgan fingerprint density at radius 3 is 3.00 bits per heavy atom. The molecule has 4 heteroatoms. The molecule has 0 bridgehead atoms. The first-order chi connectivity index (χ1) is 11.2. The zero-order chi connectivity index (χ0) is 16.5. The van der Waals surface area contributed by atoms with Crippen molar-refractivity contribution in [2.45, 2.75) is 33.1 Å². The molecule has 0 spiro atoms. The number of anilines is 1. The van der Waals surface area contributed by atoms with E-state index in [1.165, 1.54) is 18.4 Å². The van der Waals surface area contributed by atoms with E-state index in [9.17, 15) is 0 Å². The van der Waals surface area contributed by atoms with E-state index in [1.54, 1.807) is 11.3 Å². The minimum absolute atomic E-state index is 0.610. The SMILES string of the molecule is C=C(/N=C(\C=C/CCCC)c1cscn1)Nc1cccc(C)c1. The lowest BCUT2D eigenvalue weighted by Crippen LogP contribution is -2.02. The van der Waals surface area contributed by atoms with Crippen LogP contribution in [0.2, 0.25) is 0 Å². The minimum Gasteiger partial charge on any atom is -0.341 e. The van der Waals surface area contributed by atoms with Crippen LogP contribution in [0.3, 0.4) is 0 Å². The Hall–Kier alpha value is -2.20. The highest BCUT2D eigenvalue weighted by Crippen LogP contribution is 2.14. The molecule has 3 nitrogen and oxygen atoms in total. The van der Waals surface area contributed by atoms with Gasteiger partial charge in [0.25, 0.3) is 0 Å². The molecule has 23 heavy (non-hydrogen) atoms. The van der Waals surface area contributed by atoms with E-state index in [-0.39, 0.29) is 0 Å². The summed E-state index contributed by atoms with van der Waals surface area (Å²) in [5.74, 6) is 0.610. The first-order valence-corrected chi connectivity index (χ1v) is 8.79. The molecule has 0 aliphatic rings. The molecule has 0 amide bonds. The van der Waals surface area contributed by atoms with Gasteiger partial charge in [-0.1, -0.05) is 44.6 Å². The smallest absolute Gasteiger partial charge is 0.123 e. The predicted octanol–water partition coefficient (Wildman–Crippen LogP) is 5.57. The normalized spacial score (nSPS) is 11.8. The molecule has 2 rings (SSSR count). The van der Waals surface area contributed by atoms with Crippen LogP contribution in [0.15, 0.2) is 64.7 Å². The van der Waals surface area contributed by atoms with Crippen molar-refractivity contribution in [1.82, 2.24) is 4.98 Å². The highest BCUT2D eigenvalue weighted by Gasteiger charge is 2.03. The molecule has 0 aliphatic carbocycles. The maximum Gasteiger partial charge on any atom is 0.123 e. The van der Waals surface area contributed by atoms with Gasteiger partial charge in [-0.25, -0.2) is 9.98 Å². The molecule has 1 N–H and O–H groups in total. The summed E-state index contributed by atoms with van der Waals surface area (Å²) in [5.41, 5.74) is 5.74. The Labute approximate surface area is 142 Å². The monoisotopic (exact) mass is 325 g/mol. The fourth-order valence-corrected chi connectivity index (χ4v) is 2.64. The van der Waals surface area contributed by atoms with E-state index in [0.717, 1.165) is 23.5 Å².